The zero-order valence-corrected chi connectivity index (χ0v) is 12.5. The van der Waals surface area contributed by atoms with E-state index in [2.05, 4.69) is 10.6 Å². The van der Waals surface area contributed by atoms with E-state index in [9.17, 15) is 24.1 Å². The first kappa shape index (κ1) is 17.1. The third-order valence-corrected chi connectivity index (χ3v) is 3.11. The van der Waals surface area contributed by atoms with Gasteiger partial charge in [0.05, 0.1) is 10.6 Å². The van der Waals surface area contributed by atoms with Gasteiger partial charge in [-0.15, -0.1) is 0 Å². The molecule has 2 aromatic carbocycles. The number of benzene rings is 2. The summed E-state index contributed by atoms with van der Waals surface area (Å²) in [5.41, 5.74) is -0.143. The van der Waals surface area contributed by atoms with E-state index in [-0.39, 0.29) is 30.2 Å². The topological polar surface area (TPSA) is 101 Å². The van der Waals surface area contributed by atoms with Gasteiger partial charge in [-0.3, -0.25) is 19.7 Å². The molecule has 0 saturated heterocycles. The van der Waals surface area contributed by atoms with Gasteiger partial charge in [-0.05, 0) is 18.2 Å². The first-order valence-corrected chi connectivity index (χ1v) is 7.04. The molecule has 0 atom stereocenters. The van der Waals surface area contributed by atoms with Crippen molar-refractivity contribution in [3.8, 4) is 0 Å². The van der Waals surface area contributed by atoms with Crippen molar-refractivity contribution in [2.45, 2.75) is 6.42 Å². The Morgan fingerprint density at radius 3 is 2.50 bits per heavy atom. The molecule has 2 aromatic rings. The van der Waals surface area contributed by atoms with Gasteiger partial charge in [-0.2, -0.15) is 0 Å². The number of nitrogens with one attached hydrogen (secondary N) is 2. The minimum atomic E-state index is -0.776. The largest absolute Gasteiger partial charge is 0.352 e. The molecule has 0 aromatic heterocycles. The Morgan fingerprint density at radius 2 is 1.83 bits per heavy atom. The fourth-order valence-corrected chi connectivity index (χ4v) is 1.92. The number of non-ortho nitro benzene ring substituents is 1. The van der Waals surface area contributed by atoms with Crippen molar-refractivity contribution in [1.82, 2.24) is 5.32 Å². The molecule has 24 heavy (non-hydrogen) atoms. The molecular formula is C16H14FN3O4. The van der Waals surface area contributed by atoms with Gasteiger partial charge in [0.2, 0.25) is 5.91 Å². The third kappa shape index (κ3) is 4.60. The number of halogens is 1. The van der Waals surface area contributed by atoms with Gasteiger partial charge < -0.3 is 10.6 Å². The van der Waals surface area contributed by atoms with Crippen LogP contribution in [0.4, 0.5) is 15.8 Å². The molecule has 2 rings (SSSR count). The summed E-state index contributed by atoms with van der Waals surface area (Å²) in [6.07, 6.45) is -0.0965. The molecule has 8 heteroatoms. The standard InChI is InChI=1S/C16H14FN3O4/c17-13-7-6-12(20(23)24)10-14(13)19-15(21)8-9-18-16(22)11-4-2-1-3-5-11/h1-7,10H,8-9H2,(H,18,22)(H,19,21). The highest BCUT2D eigenvalue weighted by Gasteiger charge is 2.13. The first-order valence-electron chi connectivity index (χ1n) is 7.04. The molecule has 0 heterocycles. The fraction of sp³-hybridized carbons (Fsp3) is 0.125. The molecule has 0 aliphatic rings. The number of anilines is 1. The molecule has 0 bridgehead atoms. The van der Waals surface area contributed by atoms with Crippen LogP contribution in [-0.4, -0.2) is 23.3 Å². The molecule has 2 N–H and O–H groups in total. The molecule has 7 nitrogen and oxygen atoms in total. The molecule has 0 unspecified atom stereocenters. The molecule has 0 fully saturated rings. The summed E-state index contributed by atoms with van der Waals surface area (Å²) >= 11 is 0. The molecule has 0 aliphatic heterocycles. The summed E-state index contributed by atoms with van der Waals surface area (Å²) in [6, 6.07) is 11.3. The van der Waals surface area contributed by atoms with Crippen molar-refractivity contribution in [3.63, 3.8) is 0 Å². The maximum absolute atomic E-state index is 13.6. The smallest absolute Gasteiger partial charge is 0.271 e. The van der Waals surface area contributed by atoms with E-state index < -0.39 is 16.6 Å². The van der Waals surface area contributed by atoms with Crippen LogP contribution in [0.5, 0.6) is 0 Å². The monoisotopic (exact) mass is 331 g/mol. The van der Waals surface area contributed by atoms with E-state index in [0.717, 1.165) is 18.2 Å². The summed E-state index contributed by atoms with van der Waals surface area (Å²) in [6.45, 7) is 0.0517. The van der Waals surface area contributed by atoms with Crippen LogP contribution in [0.25, 0.3) is 0 Å². The average Bonchev–Trinajstić information content (AvgIpc) is 2.57. The predicted octanol–water partition coefficient (Wildman–Crippen LogP) is 2.49. The van der Waals surface area contributed by atoms with Gasteiger partial charge in [-0.25, -0.2) is 4.39 Å². The van der Waals surface area contributed by atoms with E-state index in [4.69, 9.17) is 0 Å². The Morgan fingerprint density at radius 1 is 1.12 bits per heavy atom. The quantitative estimate of drug-likeness (QED) is 0.627. The van der Waals surface area contributed by atoms with E-state index in [1.807, 2.05) is 0 Å². The van der Waals surface area contributed by atoms with Crippen molar-refractivity contribution in [3.05, 3.63) is 70.0 Å². The molecular weight excluding hydrogens is 317 g/mol. The first-order chi connectivity index (χ1) is 11.5. The van der Waals surface area contributed by atoms with Crippen LogP contribution in [0.2, 0.25) is 0 Å². The third-order valence-electron chi connectivity index (χ3n) is 3.11. The highest BCUT2D eigenvalue weighted by Crippen LogP contribution is 2.21. The van der Waals surface area contributed by atoms with Crippen molar-refractivity contribution in [1.29, 1.82) is 0 Å². The van der Waals surface area contributed by atoms with Gasteiger partial charge in [0.15, 0.2) is 0 Å². The number of nitro groups is 1. The number of hydrogen-bond donors (Lipinski definition) is 2. The number of amides is 2. The van der Waals surface area contributed by atoms with Crippen molar-refractivity contribution >= 4 is 23.2 Å². The number of nitro benzene ring substituents is 1. The highest BCUT2D eigenvalue weighted by molar-refractivity contribution is 5.95. The Labute approximate surface area is 136 Å². The normalized spacial score (nSPS) is 10.0. The van der Waals surface area contributed by atoms with Crippen molar-refractivity contribution < 1.29 is 18.9 Å². The van der Waals surface area contributed by atoms with Crippen LogP contribution < -0.4 is 10.6 Å². The number of carbonyl (C=O) groups excluding carboxylic acids is 2. The molecule has 0 aliphatic carbocycles. The van der Waals surface area contributed by atoms with Gasteiger partial charge in [0.1, 0.15) is 5.82 Å². The maximum atomic E-state index is 13.6. The highest BCUT2D eigenvalue weighted by atomic mass is 19.1. The fourth-order valence-electron chi connectivity index (χ4n) is 1.92. The lowest BCUT2D eigenvalue weighted by Gasteiger charge is -2.07. The van der Waals surface area contributed by atoms with Crippen molar-refractivity contribution in [2.75, 3.05) is 11.9 Å². The molecule has 0 spiro atoms. The molecule has 0 radical (unpaired) electrons. The van der Waals surface area contributed by atoms with E-state index in [0.29, 0.717) is 5.56 Å². The van der Waals surface area contributed by atoms with E-state index in [1.54, 1.807) is 30.3 Å². The summed E-state index contributed by atoms with van der Waals surface area (Å²) in [7, 11) is 0. The molecule has 124 valence electrons. The zero-order chi connectivity index (χ0) is 17.5. The van der Waals surface area contributed by atoms with Crippen LogP contribution in [0, 0.1) is 15.9 Å². The molecule has 0 saturated carbocycles. The van der Waals surface area contributed by atoms with E-state index in [1.165, 1.54) is 0 Å². The van der Waals surface area contributed by atoms with Crippen LogP contribution in [-0.2, 0) is 4.79 Å². The number of carbonyl (C=O) groups is 2. The van der Waals surface area contributed by atoms with Crippen LogP contribution in [0.15, 0.2) is 48.5 Å². The lowest BCUT2D eigenvalue weighted by atomic mass is 10.2. The second-order valence-electron chi connectivity index (χ2n) is 4.84. The Bertz CT molecular complexity index is 765. The lowest BCUT2D eigenvalue weighted by molar-refractivity contribution is -0.384. The van der Waals surface area contributed by atoms with Crippen LogP contribution >= 0.6 is 0 Å². The maximum Gasteiger partial charge on any atom is 0.271 e. The van der Waals surface area contributed by atoms with E-state index >= 15 is 0 Å². The van der Waals surface area contributed by atoms with Crippen LogP contribution in [0.1, 0.15) is 16.8 Å². The number of rotatable bonds is 6. The zero-order valence-electron chi connectivity index (χ0n) is 12.5. The second-order valence-corrected chi connectivity index (χ2v) is 4.84. The average molecular weight is 331 g/mol. The van der Waals surface area contributed by atoms with Crippen molar-refractivity contribution in [2.24, 2.45) is 0 Å². The summed E-state index contributed by atoms with van der Waals surface area (Å²) in [5.74, 6) is -1.67. The van der Waals surface area contributed by atoms with Gasteiger partial charge in [-0.1, -0.05) is 18.2 Å². The number of nitrogens with zero attached hydrogens (tertiary/aromatic N) is 1. The molecule has 2 amide bonds. The summed E-state index contributed by atoms with van der Waals surface area (Å²) < 4.78 is 13.6. The van der Waals surface area contributed by atoms with Crippen LogP contribution in [0.3, 0.4) is 0 Å². The van der Waals surface area contributed by atoms with Gasteiger partial charge in [0.25, 0.3) is 11.6 Å². The van der Waals surface area contributed by atoms with Gasteiger partial charge >= 0.3 is 0 Å². The Hall–Kier alpha value is -3.29. The Balaban J connectivity index is 1.87. The number of hydrogen-bond acceptors (Lipinski definition) is 4. The summed E-state index contributed by atoms with van der Waals surface area (Å²) in [5, 5.41) is 15.5. The van der Waals surface area contributed by atoms with Gasteiger partial charge in [0, 0.05) is 30.7 Å². The second kappa shape index (κ2) is 7.82. The minimum absolute atomic E-state index is 0.0517. The SMILES string of the molecule is O=C(CCNC(=O)c1ccccc1)Nc1cc([N+](=O)[O-])ccc1F. The Kier molecular flexibility index (Phi) is 5.56. The summed E-state index contributed by atoms with van der Waals surface area (Å²) in [4.78, 5) is 33.5. The predicted molar refractivity (Wildman–Crippen MR) is 85.1 cm³/mol. The minimum Gasteiger partial charge on any atom is -0.352 e. The lowest BCUT2D eigenvalue weighted by Crippen LogP contribution is -2.27.